The molecule has 0 radical (unpaired) electrons. The van der Waals surface area contributed by atoms with E-state index in [-0.39, 0.29) is 5.56 Å². The van der Waals surface area contributed by atoms with Gasteiger partial charge in [-0.05, 0) is 47.2 Å². The fraction of sp³-hybridized carbons (Fsp3) is 0.0526. The largest absolute Gasteiger partial charge is 0.454 e. The molecule has 0 saturated heterocycles. The van der Waals surface area contributed by atoms with Crippen LogP contribution >= 0.6 is 22.7 Å². The summed E-state index contributed by atoms with van der Waals surface area (Å²) in [7, 11) is 0. The molecule has 2 aromatic heterocycles. The Kier molecular flexibility index (Phi) is 5.70. The molecule has 26 heavy (non-hydrogen) atoms. The number of esters is 1. The molecular weight excluding hydrogens is 378 g/mol. The van der Waals surface area contributed by atoms with Gasteiger partial charge in [0.1, 0.15) is 0 Å². The van der Waals surface area contributed by atoms with Crippen molar-refractivity contribution in [2.45, 2.75) is 0 Å². The van der Waals surface area contributed by atoms with Gasteiger partial charge in [-0.25, -0.2) is 13.6 Å². The normalized spacial score (nSPS) is 11.4. The molecule has 3 aromatic rings. The second-order valence-electron chi connectivity index (χ2n) is 5.18. The average molecular weight is 390 g/mol. The van der Waals surface area contributed by atoms with E-state index >= 15 is 0 Å². The summed E-state index contributed by atoms with van der Waals surface area (Å²) in [5, 5.41) is 3.72. The van der Waals surface area contributed by atoms with Crippen LogP contribution in [0.3, 0.4) is 0 Å². The summed E-state index contributed by atoms with van der Waals surface area (Å²) in [6.45, 7) is -0.558. The van der Waals surface area contributed by atoms with Crippen LogP contribution in [0.5, 0.6) is 0 Å². The smallest absolute Gasteiger partial charge is 0.340 e. The first-order valence-electron chi connectivity index (χ1n) is 7.49. The third-order valence-corrected chi connectivity index (χ3v) is 5.13. The number of rotatable bonds is 6. The fourth-order valence-corrected chi connectivity index (χ4v) is 3.53. The molecule has 3 nitrogen and oxygen atoms in total. The summed E-state index contributed by atoms with van der Waals surface area (Å²) in [5.74, 6) is -3.44. The first-order valence-corrected chi connectivity index (χ1v) is 9.25. The van der Waals surface area contributed by atoms with Crippen molar-refractivity contribution < 1.29 is 23.1 Å². The van der Waals surface area contributed by atoms with Gasteiger partial charge in [-0.15, -0.1) is 22.7 Å². The van der Waals surface area contributed by atoms with Gasteiger partial charge in [-0.1, -0.05) is 12.1 Å². The quantitative estimate of drug-likeness (QED) is 0.336. The zero-order valence-electron chi connectivity index (χ0n) is 13.3. The number of thiophene rings is 2. The number of hydrogen-bond acceptors (Lipinski definition) is 5. The Labute approximate surface area is 156 Å². The molecular formula is C19H12F2O3S2. The van der Waals surface area contributed by atoms with Gasteiger partial charge in [-0.2, -0.15) is 0 Å². The van der Waals surface area contributed by atoms with E-state index in [2.05, 4.69) is 0 Å². The van der Waals surface area contributed by atoms with Gasteiger partial charge in [-0.3, -0.25) is 4.79 Å². The average Bonchev–Trinajstić information content (AvgIpc) is 3.33. The number of ketones is 1. The lowest BCUT2D eigenvalue weighted by atomic mass is 10.1. The van der Waals surface area contributed by atoms with Crippen LogP contribution in [0.15, 0.2) is 53.2 Å². The first kappa shape index (κ1) is 18.2. The number of carbonyl (C=O) groups is 2. The molecule has 0 saturated carbocycles. The maximum absolute atomic E-state index is 13.2. The van der Waals surface area contributed by atoms with Crippen molar-refractivity contribution in [3.63, 3.8) is 0 Å². The Hall–Kier alpha value is -2.64. The summed E-state index contributed by atoms with van der Waals surface area (Å²) in [5.41, 5.74) is 0.275. The number of Topliss-reactive ketones (excluding diaryl/α,β-unsaturated/α-hetero) is 1. The van der Waals surface area contributed by atoms with Crippen LogP contribution in [0.1, 0.15) is 20.1 Å². The van der Waals surface area contributed by atoms with Crippen LogP contribution < -0.4 is 0 Å². The Bertz CT molecular complexity index is 945. The number of halogens is 2. The van der Waals surface area contributed by atoms with Crippen molar-refractivity contribution in [3.05, 3.63) is 80.2 Å². The molecule has 1 aromatic carbocycles. The van der Waals surface area contributed by atoms with E-state index in [0.29, 0.717) is 10.5 Å². The van der Waals surface area contributed by atoms with Gasteiger partial charge in [0.25, 0.3) is 0 Å². The Morgan fingerprint density at radius 2 is 1.77 bits per heavy atom. The first-order chi connectivity index (χ1) is 12.5. The molecule has 0 aliphatic heterocycles. The molecule has 0 spiro atoms. The molecule has 7 heteroatoms. The molecule has 3 rings (SSSR count). The highest BCUT2D eigenvalue weighted by atomic mass is 32.1. The lowest BCUT2D eigenvalue weighted by Crippen LogP contribution is -2.15. The molecule has 0 unspecified atom stereocenters. The van der Waals surface area contributed by atoms with Crippen LogP contribution in [0, 0.1) is 11.6 Å². The van der Waals surface area contributed by atoms with Gasteiger partial charge in [0.2, 0.25) is 0 Å². The lowest BCUT2D eigenvalue weighted by molar-refractivity contribution is -0.135. The topological polar surface area (TPSA) is 43.4 Å². The van der Waals surface area contributed by atoms with Crippen LogP contribution in [0.2, 0.25) is 0 Å². The maximum atomic E-state index is 13.2. The highest BCUT2D eigenvalue weighted by Crippen LogP contribution is 2.26. The second kappa shape index (κ2) is 8.16. The molecule has 0 aliphatic carbocycles. The molecule has 0 N–H and O–H groups in total. The predicted molar refractivity (Wildman–Crippen MR) is 98.2 cm³/mol. The minimum atomic E-state index is -1.13. The van der Waals surface area contributed by atoms with Gasteiger partial charge in [0.15, 0.2) is 24.0 Å². The standard InChI is InChI=1S/C19H12F2O3S2/c20-15-6-5-12(9-16(15)21)17(22)11-24-19(23)14(18-4-2-8-26-18)10-13-3-1-7-25-13/h1-10H,11H2/b14-10+. The third-order valence-electron chi connectivity index (χ3n) is 3.41. The zero-order valence-corrected chi connectivity index (χ0v) is 14.9. The molecule has 132 valence electrons. The van der Waals surface area contributed by atoms with Crippen LogP contribution in [0.4, 0.5) is 8.78 Å². The van der Waals surface area contributed by atoms with Crippen molar-refractivity contribution in [2.24, 2.45) is 0 Å². The van der Waals surface area contributed by atoms with E-state index in [9.17, 15) is 18.4 Å². The molecule has 2 heterocycles. The van der Waals surface area contributed by atoms with Crippen LogP contribution in [-0.4, -0.2) is 18.4 Å². The third kappa shape index (κ3) is 4.30. The van der Waals surface area contributed by atoms with E-state index in [1.807, 2.05) is 29.0 Å². The summed E-state index contributed by atoms with van der Waals surface area (Å²) in [4.78, 5) is 26.1. The van der Waals surface area contributed by atoms with Crippen molar-refractivity contribution in [1.29, 1.82) is 0 Å². The zero-order chi connectivity index (χ0) is 18.5. The van der Waals surface area contributed by atoms with Crippen LogP contribution in [0.25, 0.3) is 11.6 Å². The summed E-state index contributed by atoms with van der Waals surface area (Å²) in [6.07, 6.45) is 1.70. The van der Waals surface area contributed by atoms with E-state index < -0.39 is 30.0 Å². The number of benzene rings is 1. The molecule has 0 bridgehead atoms. The summed E-state index contributed by atoms with van der Waals surface area (Å²) in [6, 6.07) is 10.1. The molecule has 0 fully saturated rings. The van der Waals surface area contributed by atoms with Crippen molar-refractivity contribution >= 4 is 46.1 Å². The fourth-order valence-electron chi connectivity index (χ4n) is 2.14. The van der Waals surface area contributed by atoms with E-state index in [4.69, 9.17) is 4.74 Å². The maximum Gasteiger partial charge on any atom is 0.340 e. The Morgan fingerprint density at radius 3 is 2.42 bits per heavy atom. The highest BCUT2D eigenvalue weighted by Gasteiger charge is 2.18. The summed E-state index contributed by atoms with van der Waals surface area (Å²) >= 11 is 2.84. The SMILES string of the molecule is O=C(OCC(=O)c1ccc(F)c(F)c1)/C(=C/c1cccs1)c1cccs1. The van der Waals surface area contributed by atoms with Gasteiger partial charge in [0, 0.05) is 15.3 Å². The summed E-state index contributed by atoms with van der Waals surface area (Å²) < 4.78 is 31.3. The van der Waals surface area contributed by atoms with Gasteiger partial charge < -0.3 is 4.74 Å². The van der Waals surface area contributed by atoms with Crippen LogP contribution in [-0.2, 0) is 9.53 Å². The Morgan fingerprint density at radius 1 is 1.00 bits per heavy atom. The lowest BCUT2D eigenvalue weighted by Gasteiger charge is -2.07. The molecule has 0 amide bonds. The number of carbonyl (C=O) groups excluding carboxylic acids is 2. The number of hydrogen-bond donors (Lipinski definition) is 0. The molecule has 0 aliphatic rings. The second-order valence-corrected chi connectivity index (χ2v) is 7.11. The number of ether oxygens (including phenoxy) is 1. The van der Waals surface area contributed by atoms with E-state index in [1.165, 1.54) is 22.7 Å². The highest BCUT2D eigenvalue weighted by molar-refractivity contribution is 7.12. The van der Waals surface area contributed by atoms with E-state index in [1.54, 1.807) is 12.1 Å². The minimum absolute atomic E-state index is 0.0587. The van der Waals surface area contributed by atoms with Gasteiger partial charge in [0.05, 0.1) is 5.57 Å². The Balaban J connectivity index is 1.74. The van der Waals surface area contributed by atoms with E-state index in [0.717, 1.165) is 23.1 Å². The van der Waals surface area contributed by atoms with Crippen molar-refractivity contribution in [3.8, 4) is 0 Å². The van der Waals surface area contributed by atoms with Crippen molar-refractivity contribution in [2.75, 3.05) is 6.61 Å². The predicted octanol–water partition coefficient (Wildman–Crippen LogP) is 5.05. The van der Waals surface area contributed by atoms with Crippen molar-refractivity contribution in [1.82, 2.24) is 0 Å². The monoisotopic (exact) mass is 390 g/mol. The van der Waals surface area contributed by atoms with Gasteiger partial charge >= 0.3 is 5.97 Å². The molecule has 0 atom stereocenters. The minimum Gasteiger partial charge on any atom is -0.454 e.